The van der Waals surface area contributed by atoms with Gasteiger partial charge in [0.05, 0.1) is 6.20 Å². The van der Waals surface area contributed by atoms with E-state index in [9.17, 15) is 0 Å². The molecule has 0 saturated carbocycles. The van der Waals surface area contributed by atoms with Gasteiger partial charge < -0.3 is 5.32 Å². The van der Waals surface area contributed by atoms with Crippen LogP contribution in [0.2, 0.25) is 0 Å². The highest BCUT2D eigenvalue weighted by molar-refractivity contribution is 7.09. The summed E-state index contributed by atoms with van der Waals surface area (Å²) in [5.41, 5.74) is 1.24. The lowest BCUT2D eigenvalue weighted by molar-refractivity contribution is 0.548. The number of nitrogens with zero attached hydrogens (tertiary/aromatic N) is 2. The van der Waals surface area contributed by atoms with Gasteiger partial charge in [-0.3, -0.25) is 4.68 Å². The molecule has 1 unspecified atom stereocenters. The zero-order valence-corrected chi connectivity index (χ0v) is 10.5. The summed E-state index contributed by atoms with van der Waals surface area (Å²) < 4.78 is 1.83. The number of hydrogen-bond donors (Lipinski definition) is 1. The molecule has 0 radical (unpaired) electrons. The molecule has 2 rings (SSSR count). The predicted octanol–water partition coefficient (Wildman–Crippen LogP) is 2.20. The Kier molecular flexibility index (Phi) is 3.74. The summed E-state index contributed by atoms with van der Waals surface area (Å²) in [5, 5.41) is 9.78. The van der Waals surface area contributed by atoms with Crippen LogP contribution in [-0.4, -0.2) is 15.8 Å². The second-order valence-corrected chi connectivity index (χ2v) is 5.12. The molecule has 0 fully saturated rings. The molecule has 1 atom stereocenters. The lowest BCUT2D eigenvalue weighted by atomic mass is 10.2. The van der Waals surface area contributed by atoms with Gasteiger partial charge in [-0.1, -0.05) is 6.07 Å². The maximum absolute atomic E-state index is 4.15. The van der Waals surface area contributed by atoms with Crippen molar-refractivity contribution in [3.05, 3.63) is 40.3 Å². The summed E-state index contributed by atoms with van der Waals surface area (Å²) >= 11 is 1.82. The van der Waals surface area contributed by atoms with E-state index in [1.54, 1.807) is 0 Å². The lowest BCUT2D eigenvalue weighted by Gasteiger charge is -2.11. The number of aryl methyl sites for hydroxylation is 1. The van der Waals surface area contributed by atoms with Gasteiger partial charge in [-0.25, -0.2) is 0 Å². The van der Waals surface area contributed by atoms with Crippen molar-refractivity contribution in [2.45, 2.75) is 25.9 Å². The molecule has 0 saturated heterocycles. The highest BCUT2D eigenvalue weighted by atomic mass is 32.1. The summed E-state index contributed by atoms with van der Waals surface area (Å²) in [6.45, 7) is 3.11. The van der Waals surface area contributed by atoms with Crippen LogP contribution in [0.5, 0.6) is 0 Å². The van der Waals surface area contributed by atoms with Gasteiger partial charge in [0.2, 0.25) is 0 Å². The van der Waals surface area contributed by atoms with E-state index in [0.717, 1.165) is 13.0 Å². The normalized spacial score (nSPS) is 12.9. The van der Waals surface area contributed by atoms with Crippen molar-refractivity contribution in [2.24, 2.45) is 7.05 Å². The minimum absolute atomic E-state index is 0.499. The molecule has 16 heavy (non-hydrogen) atoms. The molecule has 2 aromatic rings. The molecule has 2 aromatic heterocycles. The fraction of sp³-hybridized carbons (Fsp3) is 0.417. The number of aromatic nitrogens is 2. The van der Waals surface area contributed by atoms with Crippen molar-refractivity contribution in [3.8, 4) is 0 Å². The second kappa shape index (κ2) is 5.27. The van der Waals surface area contributed by atoms with Crippen LogP contribution >= 0.6 is 11.3 Å². The first kappa shape index (κ1) is 11.4. The van der Waals surface area contributed by atoms with Crippen molar-refractivity contribution in [1.29, 1.82) is 0 Å². The van der Waals surface area contributed by atoms with E-state index in [0.29, 0.717) is 6.04 Å². The Morgan fingerprint density at radius 2 is 2.44 bits per heavy atom. The highest BCUT2D eigenvalue weighted by Gasteiger charge is 2.04. The largest absolute Gasteiger partial charge is 0.310 e. The van der Waals surface area contributed by atoms with Crippen molar-refractivity contribution < 1.29 is 0 Å². The summed E-state index contributed by atoms with van der Waals surface area (Å²) in [6.07, 6.45) is 5.05. The van der Waals surface area contributed by atoms with Crippen LogP contribution in [0.15, 0.2) is 29.9 Å². The van der Waals surface area contributed by atoms with E-state index < -0.39 is 0 Å². The predicted molar refractivity (Wildman–Crippen MR) is 67.5 cm³/mol. The van der Waals surface area contributed by atoms with Crippen LogP contribution in [0.4, 0.5) is 0 Å². The third-order valence-corrected chi connectivity index (χ3v) is 3.40. The van der Waals surface area contributed by atoms with Crippen LogP contribution in [-0.2, 0) is 20.0 Å². The second-order valence-electron chi connectivity index (χ2n) is 4.09. The Morgan fingerprint density at radius 1 is 1.56 bits per heavy atom. The number of rotatable bonds is 5. The fourth-order valence-corrected chi connectivity index (χ4v) is 2.49. The zero-order chi connectivity index (χ0) is 11.4. The number of thiophene rings is 1. The van der Waals surface area contributed by atoms with Gasteiger partial charge in [0, 0.05) is 36.3 Å². The maximum atomic E-state index is 4.15. The molecule has 86 valence electrons. The average Bonchev–Trinajstić information content (AvgIpc) is 2.87. The zero-order valence-electron chi connectivity index (χ0n) is 9.68. The van der Waals surface area contributed by atoms with E-state index in [4.69, 9.17) is 0 Å². The fourth-order valence-electron chi connectivity index (χ4n) is 1.66. The smallest absolute Gasteiger partial charge is 0.0534 e. The van der Waals surface area contributed by atoms with Crippen LogP contribution in [0, 0.1) is 0 Å². The van der Waals surface area contributed by atoms with Crippen molar-refractivity contribution in [1.82, 2.24) is 15.1 Å². The Balaban J connectivity index is 1.77. The Morgan fingerprint density at radius 3 is 3.06 bits per heavy atom. The van der Waals surface area contributed by atoms with E-state index in [2.05, 4.69) is 34.9 Å². The van der Waals surface area contributed by atoms with Gasteiger partial charge in [0.1, 0.15) is 0 Å². The highest BCUT2D eigenvalue weighted by Crippen LogP contribution is 2.11. The van der Waals surface area contributed by atoms with Crippen LogP contribution in [0.25, 0.3) is 0 Å². The SMILES string of the molecule is CC(Cc1cccs1)NCc1cnn(C)c1. The van der Waals surface area contributed by atoms with E-state index in [1.165, 1.54) is 10.4 Å². The van der Waals surface area contributed by atoms with Gasteiger partial charge in [0.25, 0.3) is 0 Å². The average molecular weight is 235 g/mol. The molecule has 0 aliphatic carbocycles. The molecular weight excluding hydrogens is 218 g/mol. The summed E-state index contributed by atoms with van der Waals surface area (Å²) in [6, 6.07) is 4.79. The van der Waals surface area contributed by atoms with Crippen molar-refractivity contribution in [2.75, 3.05) is 0 Å². The quantitative estimate of drug-likeness (QED) is 0.861. The first-order valence-corrected chi connectivity index (χ1v) is 6.35. The van der Waals surface area contributed by atoms with Crippen LogP contribution in [0.3, 0.4) is 0 Å². The van der Waals surface area contributed by atoms with Crippen LogP contribution < -0.4 is 5.32 Å². The van der Waals surface area contributed by atoms with E-state index >= 15 is 0 Å². The molecule has 0 aliphatic rings. The topological polar surface area (TPSA) is 29.9 Å². The van der Waals surface area contributed by atoms with Gasteiger partial charge in [-0.05, 0) is 24.8 Å². The first-order chi connectivity index (χ1) is 7.74. The number of nitrogens with one attached hydrogen (secondary N) is 1. The third kappa shape index (κ3) is 3.18. The monoisotopic (exact) mass is 235 g/mol. The van der Waals surface area contributed by atoms with Crippen molar-refractivity contribution >= 4 is 11.3 Å². The molecule has 0 aliphatic heterocycles. The number of hydrogen-bond acceptors (Lipinski definition) is 3. The Labute approximate surface area is 100 Å². The third-order valence-electron chi connectivity index (χ3n) is 2.50. The van der Waals surface area contributed by atoms with E-state index in [-0.39, 0.29) is 0 Å². The van der Waals surface area contributed by atoms with Crippen LogP contribution in [0.1, 0.15) is 17.4 Å². The van der Waals surface area contributed by atoms with Gasteiger partial charge in [-0.15, -0.1) is 11.3 Å². The van der Waals surface area contributed by atoms with Gasteiger partial charge >= 0.3 is 0 Å². The Bertz CT molecular complexity index is 419. The summed E-state index contributed by atoms with van der Waals surface area (Å²) in [4.78, 5) is 1.44. The van der Waals surface area contributed by atoms with Gasteiger partial charge in [0.15, 0.2) is 0 Å². The minimum Gasteiger partial charge on any atom is -0.310 e. The molecule has 4 heteroatoms. The molecular formula is C12H17N3S. The first-order valence-electron chi connectivity index (χ1n) is 5.47. The summed E-state index contributed by atoms with van der Waals surface area (Å²) in [7, 11) is 1.94. The Hall–Kier alpha value is -1.13. The molecule has 2 heterocycles. The maximum Gasteiger partial charge on any atom is 0.0534 e. The van der Waals surface area contributed by atoms with Crippen molar-refractivity contribution in [3.63, 3.8) is 0 Å². The molecule has 0 bridgehead atoms. The minimum atomic E-state index is 0.499. The molecule has 1 N–H and O–H groups in total. The lowest BCUT2D eigenvalue weighted by Crippen LogP contribution is -2.27. The standard InChI is InChI=1S/C12H17N3S/c1-10(6-12-4-3-5-16-12)13-7-11-8-14-15(2)9-11/h3-5,8-10,13H,6-7H2,1-2H3. The molecule has 3 nitrogen and oxygen atoms in total. The van der Waals surface area contributed by atoms with Gasteiger partial charge in [-0.2, -0.15) is 5.10 Å². The molecule has 0 spiro atoms. The summed E-state index contributed by atoms with van der Waals surface area (Å²) in [5.74, 6) is 0. The molecule has 0 aromatic carbocycles. The molecule has 0 amide bonds. The van der Waals surface area contributed by atoms with E-state index in [1.807, 2.05) is 35.5 Å².